The maximum Gasteiger partial charge on any atom is 0.259 e. The molecule has 3 rings (SSSR count). The van der Waals surface area contributed by atoms with Gasteiger partial charge in [-0.15, -0.1) is 0 Å². The minimum absolute atomic E-state index is 0.0887. The van der Waals surface area contributed by atoms with Crippen molar-refractivity contribution >= 4 is 29.0 Å². The van der Waals surface area contributed by atoms with Crippen LogP contribution in [-0.2, 0) is 6.42 Å². The lowest BCUT2D eigenvalue weighted by Gasteiger charge is -2.17. The Hall–Kier alpha value is -2.85. The van der Waals surface area contributed by atoms with Crippen molar-refractivity contribution in [3.05, 3.63) is 89.1 Å². The molecule has 132 valence electrons. The Morgan fingerprint density at radius 1 is 1.08 bits per heavy atom. The number of carbonyl (C=O) groups excluding carboxylic acids is 1. The number of nitrogens with zero attached hydrogens (tertiary/aromatic N) is 2. The normalized spacial score (nSPS) is 10.4. The van der Waals surface area contributed by atoms with Gasteiger partial charge >= 0.3 is 0 Å². The van der Waals surface area contributed by atoms with Gasteiger partial charge in [0, 0.05) is 30.5 Å². The van der Waals surface area contributed by atoms with E-state index in [1.165, 1.54) is 5.56 Å². The number of benzene rings is 2. The number of amides is 1. The molecule has 0 aliphatic rings. The number of pyridine rings is 1. The van der Waals surface area contributed by atoms with Crippen LogP contribution in [-0.4, -0.2) is 24.5 Å². The van der Waals surface area contributed by atoms with E-state index in [0.29, 0.717) is 5.56 Å². The highest BCUT2D eigenvalue weighted by atomic mass is 35.5. The molecule has 0 aliphatic carbocycles. The standard InChI is InChI=1S/C21H20ClN3O/c1-25(19-8-3-2-4-9-19)21(26)17-10-11-20(24-15-17)23-13-12-16-6-5-7-18(22)14-16/h2-11,14-15H,12-13H2,1H3,(H,23,24). The first-order valence-corrected chi connectivity index (χ1v) is 8.79. The second kappa shape index (κ2) is 8.50. The molecule has 0 saturated heterocycles. The van der Waals surface area contributed by atoms with Gasteiger partial charge in [-0.2, -0.15) is 0 Å². The lowest BCUT2D eigenvalue weighted by Crippen LogP contribution is -2.26. The summed E-state index contributed by atoms with van der Waals surface area (Å²) in [5, 5.41) is 4.00. The second-order valence-electron chi connectivity index (χ2n) is 5.94. The summed E-state index contributed by atoms with van der Waals surface area (Å²) in [4.78, 5) is 18.5. The van der Waals surface area contributed by atoms with Crippen molar-refractivity contribution in [1.29, 1.82) is 0 Å². The third-order valence-electron chi connectivity index (χ3n) is 4.07. The highest BCUT2D eigenvalue weighted by Gasteiger charge is 2.13. The van der Waals surface area contributed by atoms with Crippen LogP contribution in [0.5, 0.6) is 0 Å². The van der Waals surface area contributed by atoms with E-state index in [9.17, 15) is 4.79 Å². The molecule has 1 aromatic heterocycles. The summed E-state index contributed by atoms with van der Waals surface area (Å²) in [5.74, 6) is 0.653. The zero-order chi connectivity index (χ0) is 18.4. The molecular weight excluding hydrogens is 346 g/mol. The number of halogens is 1. The van der Waals surface area contributed by atoms with E-state index in [1.54, 1.807) is 24.2 Å². The van der Waals surface area contributed by atoms with E-state index in [0.717, 1.165) is 29.5 Å². The van der Waals surface area contributed by atoms with Gasteiger partial charge in [-0.3, -0.25) is 4.79 Å². The Bertz CT molecular complexity index is 866. The van der Waals surface area contributed by atoms with Crippen LogP contribution in [0.4, 0.5) is 11.5 Å². The zero-order valence-electron chi connectivity index (χ0n) is 14.5. The van der Waals surface area contributed by atoms with Crippen LogP contribution in [0.3, 0.4) is 0 Å². The van der Waals surface area contributed by atoms with Crippen LogP contribution < -0.4 is 10.2 Å². The molecule has 0 unspecified atom stereocenters. The van der Waals surface area contributed by atoms with Gasteiger partial charge < -0.3 is 10.2 Å². The molecule has 0 bridgehead atoms. The molecule has 1 amide bonds. The fourth-order valence-electron chi connectivity index (χ4n) is 2.61. The quantitative estimate of drug-likeness (QED) is 0.690. The van der Waals surface area contributed by atoms with E-state index < -0.39 is 0 Å². The Balaban J connectivity index is 1.57. The Labute approximate surface area is 158 Å². The lowest BCUT2D eigenvalue weighted by molar-refractivity contribution is 0.0992. The van der Waals surface area contributed by atoms with E-state index in [2.05, 4.69) is 10.3 Å². The topological polar surface area (TPSA) is 45.2 Å². The number of anilines is 2. The van der Waals surface area contributed by atoms with Crippen molar-refractivity contribution in [2.24, 2.45) is 0 Å². The van der Waals surface area contributed by atoms with Crippen molar-refractivity contribution in [2.75, 3.05) is 23.8 Å². The van der Waals surface area contributed by atoms with Gasteiger partial charge in [0.25, 0.3) is 5.91 Å². The lowest BCUT2D eigenvalue weighted by atomic mass is 10.1. The van der Waals surface area contributed by atoms with Crippen molar-refractivity contribution in [1.82, 2.24) is 4.98 Å². The molecule has 2 aromatic carbocycles. The SMILES string of the molecule is CN(C(=O)c1ccc(NCCc2cccc(Cl)c2)nc1)c1ccccc1. The predicted molar refractivity (Wildman–Crippen MR) is 107 cm³/mol. The maximum atomic E-state index is 12.5. The van der Waals surface area contributed by atoms with E-state index in [-0.39, 0.29) is 5.91 Å². The summed E-state index contributed by atoms with van der Waals surface area (Å²) in [5.41, 5.74) is 2.57. The molecule has 0 saturated carbocycles. The number of aromatic nitrogens is 1. The van der Waals surface area contributed by atoms with Crippen molar-refractivity contribution in [3.63, 3.8) is 0 Å². The van der Waals surface area contributed by atoms with Crippen LogP contribution in [0.1, 0.15) is 15.9 Å². The number of carbonyl (C=O) groups is 1. The fourth-order valence-corrected chi connectivity index (χ4v) is 2.83. The van der Waals surface area contributed by atoms with Crippen LogP contribution in [0.2, 0.25) is 5.02 Å². The first-order chi connectivity index (χ1) is 12.6. The van der Waals surface area contributed by atoms with Gasteiger partial charge in [0.1, 0.15) is 5.82 Å². The number of nitrogens with one attached hydrogen (secondary N) is 1. The third-order valence-corrected chi connectivity index (χ3v) is 4.30. The van der Waals surface area contributed by atoms with Gasteiger partial charge in [-0.25, -0.2) is 4.98 Å². The van der Waals surface area contributed by atoms with Crippen LogP contribution >= 0.6 is 11.6 Å². The molecule has 3 aromatic rings. The number of hydrogen-bond donors (Lipinski definition) is 1. The van der Waals surface area contributed by atoms with Crippen LogP contribution in [0.15, 0.2) is 72.9 Å². The molecular formula is C21H20ClN3O. The van der Waals surface area contributed by atoms with E-state index in [4.69, 9.17) is 11.6 Å². The zero-order valence-corrected chi connectivity index (χ0v) is 15.3. The first-order valence-electron chi connectivity index (χ1n) is 8.41. The molecule has 1 N–H and O–H groups in total. The highest BCUT2D eigenvalue weighted by Crippen LogP contribution is 2.15. The number of hydrogen-bond acceptors (Lipinski definition) is 3. The van der Waals surface area contributed by atoms with E-state index >= 15 is 0 Å². The summed E-state index contributed by atoms with van der Waals surface area (Å²) in [6, 6.07) is 21.0. The number of rotatable bonds is 6. The van der Waals surface area contributed by atoms with Crippen molar-refractivity contribution < 1.29 is 4.79 Å². The second-order valence-corrected chi connectivity index (χ2v) is 6.37. The molecule has 0 fully saturated rings. The predicted octanol–water partition coefficient (Wildman–Crippen LogP) is 4.67. The van der Waals surface area contributed by atoms with Gasteiger partial charge in [0.15, 0.2) is 0 Å². The minimum atomic E-state index is -0.0887. The van der Waals surface area contributed by atoms with Crippen molar-refractivity contribution in [2.45, 2.75) is 6.42 Å². The summed E-state index contributed by atoms with van der Waals surface area (Å²) < 4.78 is 0. The first kappa shape index (κ1) is 18.0. The molecule has 26 heavy (non-hydrogen) atoms. The summed E-state index contributed by atoms with van der Waals surface area (Å²) in [6.07, 6.45) is 2.45. The fraction of sp³-hybridized carbons (Fsp3) is 0.143. The summed E-state index contributed by atoms with van der Waals surface area (Å²) in [6.45, 7) is 0.741. The number of para-hydroxylation sites is 1. The molecule has 0 spiro atoms. The smallest absolute Gasteiger partial charge is 0.259 e. The van der Waals surface area contributed by atoms with Crippen LogP contribution in [0.25, 0.3) is 0 Å². The van der Waals surface area contributed by atoms with Crippen molar-refractivity contribution in [3.8, 4) is 0 Å². The monoisotopic (exact) mass is 365 g/mol. The average molecular weight is 366 g/mol. The molecule has 0 aliphatic heterocycles. The van der Waals surface area contributed by atoms with E-state index in [1.807, 2.05) is 60.7 Å². The Morgan fingerprint density at radius 3 is 2.58 bits per heavy atom. The summed E-state index contributed by atoms with van der Waals surface area (Å²) >= 11 is 5.99. The third kappa shape index (κ3) is 4.61. The average Bonchev–Trinajstić information content (AvgIpc) is 2.68. The Morgan fingerprint density at radius 2 is 1.88 bits per heavy atom. The molecule has 1 heterocycles. The van der Waals surface area contributed by atoms with Gasteiger partial charge in [-0.1, -0.05) is 41.9 Å². The largest absolute Gasteiger partial charge is 0.370 e. The summed E-state index contributed by atoms with van der Waals surface area (Å²) in [7, 11) is 1.76. The molecule has 0 atom stereocenters. The Kier molecular flexibility index (Phi) is 5.87. The molecule has 5 heteroatoms. The van der Waals surface area contributed by atoms with Gasteiger partial charge in [-0.05, 0) is 48.4 Å². The molecule has 0 radical (unpaired) electrons. The minimum Gasteiger partial charge on any atom is -0.370 e. The molecule has 4 nitrogen and oxygen atoms in total. The van der Waals surface area contributed by atoms with Crippen LogP contribution in [0, 0.1) is 0 Å². The van der Waals surface area contributed by atoms with Gasteiger partial charge in [0.2, 0.25) is 0 Å². The maximum absolute atomic E-state index is 12.5. The van der Waals surface area contributed by atoms with Gasteiger partial charge in [0.05, 0.1) is 5.56 Å². The highest BCUT2D eigenvalue weighted by molar-refractivity contribution is 6.30.